The summed E-state index contributed by atoms with van der Waals surface area (Å²) in [6.45, 7) is 0.495. The minimum Gasteiger partial charge on any atom is -0.293 e. The van der Waals surface area contributed by atoms with Crippen molar-refractivity contribution in [2.45, 2.75) is 12.6 Å². The minimum absolute atomic E-state index is 0.264. The van der Waals surface area contributed by atoms with Crippen LogP contribution in [0.15, 0.2) is 48.7 Å². The average molecular weight is 241 g/mol. The number of hydrogen-bond acceptors (Lipinski definition) is 3. The van der Waals surface area contributed by atoms with Crippen LogP contribution in [0, 0.1) is 17.1 Å². The van der Waals surface area contributed by atoms with Crippen molar-refractivity contribution in [3.63, 3.8) is 0 Å². The van der Waals surface area contributed by atoms with E-state index in [0.717, 1.165) is 5.56 Å². The lowest BCUT2D eigenvalue weighted by molar-refractivity contribution is 0.609. The number of nitrogens with one attached hydrogen (secondary N) is 1. The summed E-state index contributed by atoms with van der Waals surface area (Å²) in [4.78, 5) is 4.13. The number of nitrogens with zero attached hydrogens (tertiary/aromatic N) is 2. The van der Waals surface area contributed by atoms with Gasteiger partial charge in [0.2, 0.25) is 0 Å². The van der Waals surface area contributed by atoms with Crippen LogP contribution in [0.4, 0.5) is 4.39 Å². The van der Waals surface area contributed by atoms with E-state index in [1.54, 1.807) is 30.5 Å². The molecule has 1 N–H and O–H groups in total. The molecule has 2 aromatic rings. The summed E-state index contributed by atoms with van der Waals surface area (Å²) in [7, 11) is 0. The van der Waals surface area contributed by atoms with E-state index in [0.29, 0.717) is 12.2 Å². The molecular weight excluding hydrogens is 229 g/mol. The smallest absolute Gasteiger partial charge is 0.138 e. The molecule has 0 saturated carbocycles. The molecule has 90 valence electrons. The van der Waals surface area contributed by atoms with Crippen LogP contribution in [0.3, 0.4) is 0 Å². The van der Waals surface area contributed by atoms with Crippen LogP contribution in [0.1, 0.15) is 17.3 Å². The molecule has 3 nitrogen and oxygen atoms in total. The second-order valence-electron chi connectivity index (χ2n) is 3.82. The summed E-state index contributed by atoms with van der Waals surface area (Å²) < 4.78 is 12.7. The molecule has 18 heavy (non-hydrogen) atoms. The fraction of sp³-hybridized carbons (Fsp3) is 0.143. The van der Waals surface area contributed by atoms with Crippen molar-refractivity contribution in [1.82, 2.24) is 10.3 Å². The van der Waals surface area contributed by atoms with Gasteiger partial charge in [0.1, 0.15) is 11.9 Å². The Kier molecular flexibility index (Phi) is 4.00. The normalized spacial score (nSPS) is 11.8. The molecule has 0 radical (unpaired) electrons. The summed E-state index contributed by atoms with van der Waals surface area (Å²) in [6.07, 6.45) is 1.65. The Morgan fingerprint density at radius 1 is 1.22 bits per heavy atom. The maximum atomic E-state index is 12.7. The quantitative estimate of drug-likeness (QED) is 0.895. The largest absolute Gasteiger partial charge is 0.293 e. The molecule has 2 rings (SSSR count). The molecule has 0 fully saturated rings. The number of pyridine rings is 1. The zero-order valence-corrected chi connectivity index (χ0v) is 9.68. The third kappa shape index (κ3) is 3.12. The Balaban J connectivity index is 2.00. The molecule has 0 bridgehead atoms. The molecule has 0 aliphatic rings. The average Bonchev–Trinajstić information content (AvgIpc) is 2.43. The van der Waals surface area contributed by atoms with Gasteiger partial charge in [-0.1, -0.05) is 18.2 Å². The van der Waals surface area contributed by atoms with Crippen molar-refractivity contribution >= 4 is 0 Å². The standard InChI is InChI=1S/C14H12FN3/c15-12-6-4-11(5-7-12)10-18-14(9-16)13-3-1-2-8-17-13/h1-8,14,18H,10H2. The van der Waals surface area contributed by atoms with E-state index >= 15 is 0 Å². The minimum atomic E-state index is -0.462. The summed E-state index contributed by atoms with van der Waals surface area (Å²) in [5, 5.41) is 12.2. The SMILES string of the molecule is N#CC(NCc1ccc(F)cc1)c1ccccn1. The molecule has 4 heteroatoms. The third-order valence-electron chi connectivity index (χ3n) is 2.54. The summed E-state index contributed by atoms with van der Waals surface area (Å²) in [5.41, 5.74) is 1.61. The van der Waals surface area contributed by atoms with Crippen molar-refractivity contribution < 1.29 is 4.39 Å². The van der Waals surface area contributed by atoms with E-state index in [-0.39, 0.29) is 5.82 Å². The molecule has 0 saturated heterocycles. The first-order valence-electron chi connectivity index (χ1n) is 5.58. The van der Waals surface area contributed by atoms with E-state index in [1.807, 2.05) is 6.07 Å². The van der Waals surface area contributed by atoms with Gasteiger partial charge in [-0.2, -0.15) is 5.26 Å². The van der Waals surface area contributed by atoms with Crippen LogP contribution in [0.25, 0.3) is 0 Å². The van der Waals surface area contributed by atoms with Gasteiger partial charge in [0.05, 0.1) is 11.8 Å². The summed E-state index contributed by atoms with van der Waals surface area (Å²) >= 11 is 0. The summed E-state index contributed by atoms with van der Waals surface area (Å²) in [6, 6.07) is 13.3. The lowest BCUT2D eigenvalue weighted by Crippen LogP contribution is -2.20. The zero-order chi connectivity index (χ0) is 12.8. The van der Waals surface area contributed by atoms with Gasteiger partial charge in [-0.15, -0.1) is 0 Å². The highest BCUT2D eigenvalue weighted by atomic mass is 19.1. The number of halogens is 1. The molecule has 0 aliphatic carbocycles. The van der Waals surface area contributed by atoms with Crippen molar-refractivity contribution in [2.75, 3.05) is 0 Å². The molecule has 0 spiro atoms. The van der Waals surface area contributed by atoms with Crippen LogP contribution in [0.2, 0.25) is 0 Å². The number of benzene rings is 1. The first kappa shape index (κ1) is 12.2. The van der Waals surface area contributed by atoms with Crippen LogP contribution in [0.5, 0.6) is 0 Å². The fourth-order valence-electron chi connectivity index (χ4n) is 1.59. The highest BCUT2D eigenvalue weighted by Gasteiger charge is 2.10. The topological polar surface area (TPSA) is 48.7 Å². The van der Waals surface area contributed by atoms with E-state index < -0.39 is 6.04 Å². The van der Waals surface area contributed by atoms with Gasteiger partial charge in [-0.3, -0.25) is 10.3 Å². The summed E-state index contributed by atoms with van der Waals surface area (Å²) in [5.74, 6) is -0.264. The Morgan fingerprint density at radius 3 is 2.61 bits per heavy atom. The highest BCUT2D eigenvalue weighted by Crippen LogP contribution is 2.10. The number of nitriles is 1. The predicted molar refractivity (Wildman–Crippen MR) is 65.8 cm³/mol. The Bertz CT molecular complexity index is 531. The molecule has 0 amide bonds. The molecule has 1 aromatic carbocycles. The van der Waals surface area contributed by atoms with E-state index in [4.69, 9.17) is 5.26 Å². The van der Waals surface area contributed by atoms with E-state index in [2.05, 4.69) is 16.4 Å². The van der Waals surface area contributed by atoms with Crippen molar-refractivity contribution in [2.24, 2.45) is 0 Å². The lowest BCUT2D eigenvalue weighted by atomic mass is 10.1. The zero-order valence-electron chi connectivity index (χ0n) is 9.68. The van der Waals surface area contributed by atoms with Gasteiger partial charge >= 0.3 is 0 Å². The van der Waals surface area contributed by atoms with Crippen LogP contribution >= 0.6 is 0 Å². The number of hydrogen-bond donors (Lipinski definition) is 1. The van der Waals surface area contributed by atoms with Crippen molar-refractivity contribution in [3.8, 4) is 6.07 Å². The molecule has 1 unspecified atom stereocenters. The monoisotopic (exact) mass is 241 g/mol. The van der Waals surface area contributed by atoms with Gasteiger partial charge in [-0.05, 0) is 29.8 Å². The Hall–Kier alpha value is -2.25. The van der Waals surface area contributed by atoms with Gasteiger partial charge in [0.25, 0.3) is 0 Å². The van der Waals surface area contributed by atoms with Crippen molar-refractivity contribution in [1.29, 1.82) is 5.26 Å². The van der Waals surface area contributed by atoms with E-state index in [1.165, 1.54) is 12.1 Å². The number of rotatable bonds is 4. The highest BCUT2D eigenvalue weighted by molar-refractivity contribution is 5.19. The molecule has 1 heterocycles. The lowest BCUT2D eigenvalue weighted by Gasteiger charge is -2.10. The first-order valence-corrected chi connectivity index (χ1v) is 5.58. The van der Waals surface area contributed by atoms with Crippen LogP contribution in [-0.2, 0) is 6.54 Å². The van der Waals surface area contributed by atoms with Gasteiger partial charge in [0.15, 0.2) is 0 Å². The van der Waals surface area contributed by atoms with Gasteiger partial charge in [0, 0.05) is 12.7 Å². The maximum absolute atomic E-state index is 12.7. The Labute approximate surface area is 105 Å². The molecule has 0 aliphatic heterocycles. The molecule has 1 aromatic heterocycles. The first-order chi connectivity index (χ1) is 8.79. The van der Waals surface area contributed by atoms with Crippen LogP contribution < -0.4 is 5.32 Å². The van der Waals surface area contributed by atoms with Crippen LogP contribution in [-0.4, -0.2) is 4.98 Å². The second-order valence-corrected chi connectivity index (χ2v) is 3.82. The van der Waals surface area contributed by atoms with E-state index in [9.17, 15) is 4.39 Å². The van der Waals surface area contributed by atoms with Gasteiger partial charge in [-0.25, -0.2) is 4.39 Å². The molecule has 1 atom stereocenters. The predicted octanol–water partition coefficient (Wildman–Crippen LogP) is 2.58. The molecular formula is C14H12FN3. The maximum Gasteiger partial charge on any atom is 0.138 e. The fourth-order valence-corrected chi connectivity index (χ4v) is 1.59. The number of aromatic nitrogens is 1. The second kappa shape index (κ2) is 5.89. The van der Waals surface area contributed by atoms with Crippen molar-refractivity contribution in [3.05, 3.63) is 65.7 Å². The van der Waals surface area contributed by atoms with Gasteiger partial charge < -0.3 is 0 Å². The Morgan fingerprint density at radius 2 is 2.00 bits per heavy atom. The third-order valence-corrected chi connectivity index (χ3v) is 2.54.